The number of carbonyl (C=O) groups excluding carboxylic acids is 1. The summed E-state index contributed by atoms with van der Waals surface area (Å²) in [4.78, 5) is 24.1. The molecule has 1 aromatic carbocycles. The van der Waals surface area contributed by atoms with E-state index in [0.29, 0.717) is 41.7 Å². The van der Waals surface area contributed by atoms with Crippen LogP contribution < -0.4 is 10.1 Å². The van der Waals surface area contributed by atoms with Gasteiger partial charge in [0.05, 0.1) is 24.8 Å². The lowest BCUT2D eigenvalue weighted by Crippen LogP contribution is -2.36. The van der Waals surface area contributed by atoms with E-state index >= 15 is 0 Å². The van der Waals surface area contributed by atoms with Gasteiger partial charge in [-0.2, -0.15) is 0 Å². The van der Waals surface area contributed by atoms with Gasteiger partial charge in [0, 0.05) is 19.3 Å². The van der Waals surface area contributed by atoms with E-state index in [0.717, 1.165) is 29.8 Å². The predicted octanol–water partition coefficient (Wildman–Crippen LogP) is 4.26. The Kier molecular flexibility index (Phi) is 6.80. The highest BCUT2D eigenvalue weighted by molar-refractivity contribution is 5.86. The van der Waals surface area contributed by atoms with Crippen molar-refractivity contribution in [3.8, 4) is 23.0 Å². The quantitative estimate of drug-likeness (QED) is 0.404. The SMILES string of the molecule is COc1nc(-c2cc(C)c(N[C@@H](C(=O)N3CCCC3)c3ccc(F)cc3)nn2)ccc1-n1cnc(C)c1. The minimum absolute atomic E-state index is 0.0638. The highest BCUT2D eigenvalue weighted by Gasteiger charge is 2.29. The third-order valence-corrected chi connectivity index (χ3v) is 6.42. The minimum Gasteiger partial charge on any atom is -0.479 e. The Morgan fingerprint density at radius 3 is 2.46 bits per heavy atom. The Morgan fingerprint density at radius 2 is 1.81 bits per heavy atom. The number of halogens is 1. The lowest BCUT2D eigenvalue weighted by atomic mass is 10.0. The molecule has 10 heteroatoms. The second kappa shape index (κ2) is 10.3. The van der Waals surface area contributed by atoms with Crippen LogP contribution in [0.25, 0.3) is 17.1 Å². The Balaban J connectivity index is 1.43. The van der Waals surface area contributed by atoms with Crippen molar-refractivity contribution in [1.29, 1.82) is 0 Å². The van der Waals surface area contributed by atoms with E-state index in [1.54, 1.807) is 25.6 Å². The number of likely N-dealkylation sites (tertiary alicyclic amines) is 1. The normalized spacial score (nSPS) is 14.0. The van der Waals surface area contributed by atoms with Crippen molar-refractivity contribution in [3.63, 3.8) is 0 Å². The molecule has 0 bridgehead atoms. The van der Waals surface area contributed by atoms with Gasteiger partial charge in [-0.1, -0.05) is 12.1 Å². The van der Waals surface area contributed by atoms with Crippen LogP contribution in [0.2, 0.25) is 0 Å². The lowest BCUT2D eigenvalue weighted by molar-refractivity contribution is -0.131. The van der Waals surface area contributed by atoms with E-state index in [-0.39, 0.29) is 11.7 Å². The number of carbonyl (C=O) groups is 1. The zero-order valence-electron chi connectivity index (χ0n) is 21.0. The Hall–Kier alpha value is -4.34. The number of methoxy groups -OCH3 is 1. The maximum Gasteiger partial charge on any atom is 0.249 e. The maximum absolute atomic E-state index is 13.6. The number of hydrogen-bond donors (Lipinski definition) is 1. The average molecular weight is 502 g/mol. The van der Waals surface area contributed by atoms with E-state index in [2.05, 4.69) is 25.5 Å². The van der Waals surface area contributed by atoms with Crippen molar-refractivity contribution in [2.75, 3.05) is 25.5 Å². The fourth-order valence-corrected chi connectivity index (χ4v) is 4.43. The van der Waals surface area contributed by atoms with Crippen molar-refractivity contribution >= 4 is 11.7 Å². The molecule has 1 aliphatic rings. The zero-order chi connectivity index (χ0) is 25.9. The van der Waals surface area contributed by atoms with Crippen LogP contribution in [-0.4, -0.2) is 55.7 Å². The second-order valence-corrected chi connectivity index (χ2v) is 9.07. The monoisotopic (exact) mass is 501 g/mol. The molecule has 5 rings (SSSR count). The predicted molar refractivity (Wildman–Crippen MR) is 137 cm³/mol. The average Bonchev–Trinajstić information content (AvgIpc) is 3.60. The van der Waals surface area contributed by atoms with Gasteiger partial charge in [-0.25, -0.2) is 14.4 Å². The highest BCUT2D eigenvalue weighted by atomic mass is 19.1. The molecule has 1 fully saturated rings. The van der Waals surface area contributed by atoms with Gasteiger partial charge >= 0.3 is 0 Å². The van der Waals surface area contributed by atoms with E-state index in [9.17, 15) is 9.18 Å². The van der Waals surface area contributed by atoms with Gasteiger partial charge in [-0.3, -0.25) is 4.79 Å². The van der Waals surface area contributed by atoms with Gasteiger partial charge in [0.15, 0.2) is 5.82 Å². The third-order valence-electron chi connectivity index (χ3n) is 6.42. The molecule has 37 heavy (non-hydrogen) atoms. The summed E-state index contributed by atoms with van der Waals surface area (Å²) < 4.78 is 20.9. The number of rotatable bonds is 7. The fourth-order valence-electron chi connectivity index (χ4n) is 4.43. The summed E-state index contributed by atoms with van der Waals surface area (Å²) in [5.74, 6) is 0.493. The standard InChI is InChI=1S/C27H28FN7O2/c1-17-14-22(21-10-11-23(26(30-21)37-3)35-15-18(2)29-16-35)32-33-25(17)31-24(19-6-8-20(28)9-7-19)27(36)34-12-4-5-13-34/h6-11,14-16,24H,4-5,12-13H2,1-3H3,(H,31,33)/t24-/m1/s1. The fraction of sp³-hybridized carbons (Fsp3) is 0.296. The molecule has 0 unspecified atom stereocenters. The number of aryl methyl sites for hydroxylation is 2. The van der Waals surface area contributed by atoms with Crippen molar-refractivity contribution in [2.24, 2.45) is 0 Å². The zero-order valence-corrected chi connectivity index (χ0v) is 21.0. The van der Waals surface area contributed by atoms with Gasteiger partial charge in [0.25, 0.3) is 0 Å². The number of nitrogens with one attached hydrogen (secondary N) is 1. The summed E-state index contributed by atoms with van der Waals surface area (Å²) in [5, 5.41) is 12.0. The van der Waals surface area contributed by atoms with Crippen molar-refractivity contribution in [3.05, 3.63) is 77.6 Å². The first kappa shape index (κ1) is 24.4. The first-order valence-electron chi connectivity index (χ1n) is 12.1. The topological polar surface area (TPSA) is 98.1 Å². The summed E-state index contributed by atoms with van der Waals surface area (Å²) in [5.41, 5.74) is 4.28. The van der Waals surface area contributed by atoms with Gasteiger partial charge in [-0.05, 0) is 68.1 Å². The molecule has 1 N–H and O–H groups in total. The highest BCUT2D eigenvalue weighted by Crippen LogP contribution is 2.28. The van der Waals surface area contributed by atoms with Crippen molar-refractivity contribution in [2.45, 2.75) is 32.7 Å². The van der Waals surface area contributed by atoms with Gasteiger partial charge in [0.2, 0.25) is 11.8 Å². The summed E-state index contributed by atoms with van der Waals surface area (Å²) >= 11 is 0. The van der Waals surface area contributed by atoms with Gasteiger partial charge < -0.3 is 19.5 Å². The molecule has 1 saturated heterocycles. The molecule has 1 aliphatic heterocycles. The number of amides is 1. The summed E-state index contributed by atoms with van der Waals surface area (Å²) in [6.07, 6.45) is 5.56. The largest absolute Gasteiger partial charge is 0.479 e. The van der Waals surface area contributed by atoms with E-state index in [4.69, 9.17) is 4.74 Å². The van der Waals surface area contributed by atoms with Crippen LogP contribution in [0.5, 0.6) is 5.88 Å². The third kappa shape index (κ3) is 5.13. The van der Waals surface area contributed by atoms with Gasteiger partial charge in [0.1, 0.15) is 23.2 Å². The molecular formula is C27H28FN7O2. The van der Waals surface area contributed by atoms with Crippen LogP contribution in [0.4, 0.5) is 10.2 Å². The van der Waals surface area contributed by atoms with E-state index in [1.165, 1.54) is 12.1 Å². The molecule has 1 amide bonds. The molecule has 0 saturated carbocycles. The maximum atomic E-state index is 13.6. The van der Waals surface area contributed by atoms with Crippen LogP contribution in [0.3, 0.4) is 0 Å². The second-order valence-electron chi connectivity index (χ2n) is 9.07. The Labute approximate surface area is 214 Å². The van der Waals surface area contributed by atoms with Crippen LogP contribution in [0, 0.1) is 19.7 Å². The van der Waals surface area contributed by atoms with E-state index < -0.39 is 6.04 Å². The van der Waals surface area contributed by atoms with Crippen molar-refractivity contribution < 1.29 is 13.9 Å². The molecule has 190 valence electrons. The number of imidazole rings is 1. The smallest absolute Gasteiger partial charge is 0.249 e. The molecule has 0 aliphatic carbocycles. The molecule has 0 spiro atoms. The number of aromatic nitrogens is 5. The molecular weight excluding hydrogens is 473 g/mol. The van der Waals surface area contributed by atoms with Gasteiger partial charge in [-0.15, -0.1) is 10.2 Å². The lowest BCUT2D eigenvalue weighted by Gasteiger charge is -2.25. The number of hydrogen-bond acceptors (Lipinski definition) is 7. The van der Waals surface area contributed by atoms with Crippen molar-refractivity contribution in [1.82, 2.24) is 29.6 Å². The number of ether oxygens (including phenoxy) is 1. The van der Waals surface area contributed by atoms with Crippen LogP contribution in [0.15, 0.2) is 55.0 Å². The molecule has 4 heterocycles. The molecule has 4 aromatic rings. The Morgan fingerprint density at radius 1 is 1.05 bits per heavy atom. The van der Waals surface area contributed by atoms with Crippen LogP contribution in [0.1, 0.15) is 35.7 Å². The summed E-state index contributed by atoms with van der Waals surface area (Å²) in [7, 11) is 1.57. The summed E-state index contributed by atoms with van der Waals surface area (Å²) in [6.45, 7) is 5.23. The molecule has 0 radical (unpaired) electrons. The van der Waals surface area contributed by atoms with E-state index in [1.807, 2.05) is 47.7 Å². The number of pyridine rings is 1. The minimum atomic E-state index is -0.700. The molecule has 1 atom stereocenters. The number of anilines is 1. The molecule has 3 aromatic heterocycles. The summed E-state index contributed by atoms with van der Waals surface area (Å²) in [6, 6.07) is 10.9. The number of nitrogens with zero attached hydrogens (tertiary/aromatic N) is 6. The van der Waals surface area contributed by atoms with Crippen LogP contribution in [-0.2, 0) is 4.79 Å². The molecule has 9 nitrogen and oxygen atoms in total. The van der Waals surface area contributed by atoms with Crippen LogP contribution >= 0.6 is 0 Å². The first-order valence-corrected chi connectivity index (χ1v) is 12.1. The number of benzene rings is 1. The first-order chi connectivity index (χ1) is 17.9. The Bertz CT molecular complexity index is 1410.